The van der Waals surface area contributed by atoms with Crippen molar-refractivity contribution in [2.24, 2.45) is 5.73 Å². The van der Waals surface area contributed by atoms with Crippen LogP contribution in [0, 0.1) is 0 Å². The highest BCUT2D eigenvalue weighted by atomic mass is 32.2. The molecule has 0 saturated carbocycles. The second-order valence-corrected chi connectivity index (χ2v) is 13.0. The van der Waals surface area contributed by atoms with Crippen LogP contribution in [0.1, 0.15) is 41.8 Å². The lowest BCUT2D eigenvalue weighted by molar-refractivity contribution is -0.130. The number of benzene rings is 4. The van der Waals surface area contributed by atoms with Gasteiger partial charge in [-0.1, -0.05) is 78.9 Å². The molecule has 0 aliphatic carbocycles. The number of hydrogen-bond acceptors (Lipinski definition) is 6. The van der Waals surface area contributed by atoms with Crippen LogP contribution in [-0.4, -0.2) is 37.7 Å². The van der Waals surface area contributed by atoms with Crippen LogP contribution in [-0.2, 0) is 32.6 Å². The molecule has 1 aliphatic rings. The van der Waals surface area contributed by atoms with Crippen molar-refractivity contribution in [1.82, 2.24) is 10.0 Å². The zero-order valence-electron chi connectivity index (χ0n) is 24.5. The molecule has 0 aromatic heterocycles. The topological polar surface area (TPSA) is 139 Å². The van der Waals surface area contributed by atoms with Gasteiger partial charge in [-0.05, 0) is 67.6 Å². The number of amides is 3. The maximum absolute atomic E-state index is 13.8. The van der Waals surface area contributed by atoms with Crippen molar-refractivity contribution in [2.45, 2.75) is 49.7 Å². The number of fused-ring (bicyclic) bond motifs is 1. The van der Waals surface area contributed by atoms with Gasteiger partial charge in [-0.3, -0.25) is 14.4 Å². The number of carbonyl (C=O) groups is 3. The van der Waals surface area contributed by atoms with Gasteiger partial charge in [0.15, 0.2) is 0 Å². The summed E-state index contributed by atoms with van der Waals surface area (Å²) in [5.41, 5.74) is 8.71. The Hall–Kier alpha value is -4.80. The minimum absolute atomic E-state index is 0.0323. The summed E-state index contributed by atoms with van der Waals surface area (Å²) in [6.45, 7) is 3.43. The first-order chi connectivity index (χ1) is 20.9. The number of anilines is 1. The molecule has 1 heterocycles. The van der Waals surface area contributed by atoms with Gasteiger partial charge in [0.25, 0.3) is 15.9 Å². The smallest absolute Gasteiger partial charge is 0.264 e. The van der Waals surface area contributed by atoms with E-state index < -0.39 is 33.4 Å². The van der Waals surface area contributed by atoms with Gasteiger partial charge in [0.05, 0.1) is 17.0 Å². The van der Waals surface area contributed by atoms with Crippen molar-refractivity contribution >= 4 is 33.4 Å². The number of sulfonamides is 1. The molecule has 4 aromatic rings. The highest BCUT2D eigenvalue weighted by molar-refractivity contribution is 7.90. The number of hydrogen-bond donors (Lipinski definition) is 3. The molecule has 0 spiro atoms. The lowest BCUT2D eigenvalue weighted by Crippen LogP contribution is -2.56. The molecular weight excluding hydrogens is 576 g/mol. The Labute approximate surface area is 257 Å². The first-order valence-electron chi connectivity index (χ1n) is 14.2. The molecule has 0 bridgehead atoms. The van der Waals surface area contributed by atoms with Gasteiger partial charge in [-0.15, -0.1) is 0 Å². The lowest BCUT2D eigenvalue weighted by atomic mass is 10.0. The molecule has 9 nitrogen and oxygen atoms in total. The summed E-state index contributed by atoms with van der Waals surface area (Å²) in [5, 5.41) is 2.83. The first kappa shape index (κ1) is 30.7. The van der Waals surface area contributed by atoms with Crippen molar-refractivity contribution in [3.8, 4) is 11.1 Å². The van der Waals surface area contributed by atoms with Crippen molar-refractivity contribution in [3.05, 3.63) is 120 Å². The predicted molar refractivity (Wildman–Crippen MR) is 169 cm³/mol. The molecule has 0 saturated heterocycles. The van der Waals surface area contributed by atoms with Crippen LogP contribution in [0.4, 0.5) is 5.69 Å². The maximum Gasteiger partial charge on any atom is 0.264 e. The van der Waals surface area contributed by atoms with Gasteiger partial charge < -0.3 is 16.0 Å². The number of nitrogens with zero attached hydrogens (tertiary/aromatic N) is 1. The van der Waals surface area contributed by atoms with Gasteiger partial charge in [0.2, 0.25) is 11.8 Å². The van der Waals surface area contributed by atoms with Gasteiger partial charge >= 0.3 is 0 Å². The summed E-state index contributed by atoms with van der Waals surface area (Å²) in [4.78, 5) is 40.7. The Balaban J connectivity index is 1.40. The SMILES string of the molecule is CC(C)(N)C(=O)N[C@@H]1CCc2ccccc2N(Cc2ccc(-c3ccccc3S(=O)(=O)NC(=O)c3ccccc3)cc2)C1=O. The normalized spacial score (nSPS) is 15.2. The number of rotatable bonds is 8. The van der Waals surface area contributed by atoms with Gasteiger partial charge in [0, 0.05) is 16.8 Å². The molecule has 44 heavy (non-hydrogen) atoms. The Morgan fingerprint density at radius 3 is 2.23 bits per heavy atom. The molecule has 4 aromatic carbocycles. The summed E-state index contributed by atoms with van der Waals surface area (Å²) < 4.78 is 28.7. The van der Waals surface area contributed by atoms with Crippen molar-refractivity contribution in [3.63, 3.8) is 0 Å². The molecule has 10 heteroatoms. The molecule has 0 fully saturated rings. The summed E-state index contributed by atoms with van der Waals surface area (Å²) in [7, 11) is -4.19. The first-order valence-corrected chi connectivity index (χ1v) is 15.7. The summed E-state index contributed by atoms with van der Waals surface area (Å²) in [5.74, 6) is -1.36. The fraction of sp³-hybridized carbons (Fsp3) is 0.206. The van der Waals surface area contributed by atoms with Crippen molar-refractivity contribution in [2.75, 3.05) is 4.90 Å². The Morgan fingerprint density at radius 2 is 1.52 bits per heavy atom. The molecule has 1 aliphatic heterocycles. The van der Waals surface area contributed by atoms with E-state index in [0.29, 0.717) is 24.0 Å². The number of nitrogens with two attached hydrogens (primary N) is 1. The van der Waals surface area contributed by atoms with E-state index in [1.165, 1.54) is 18.2 Å². The van der Waals surface area contributed by atoms with Crippen molar-refractivity contribution in [1.29, 1.82) is 0 Å². The van der Waals surface area contributed by atoms with Gasteiger partial charge in [-0.2, -0.15) is 0 Å². The van der Waals surface area contributed by atoms with E-state index in [0.717, 1.165) is 16.8 Å². The molecule has 226 valence electrons. The van der Waals surface area contributed by atoms with Crippen LogP contribution >= 0.6 is 0 Å². The van der Waals surface area contributed by atoms with E-state index >= 15 is 0 Å². The molecule has 0 unspecified atom stereocenters. The largest absolute Gasteiger partial charge is 0.343 e. The average molecular weight is 611 g/mol. The van der Waals surface area contributed by atoms with Gasteiger partial charge in [-0.25, -0.2) is 13.1 Å². The van der Waals surface area contributed by atoms with E-state index in [9.17, 15) is 22.8 Å². The van der Waals surface area contributed by atoms with Crippen LogP contribution in [0.3, 0.4) is 0 Å². The number of nitrogens with one attached hydrogen (secondary N) is 2. The zero-order chi connectivity index (χ0) is 31.5. The Kier molecular flexibility index (Phi) is 8.66. The third-order valence-corrected chi connectivity index (χ3v) is 8.87. The molecule has 4 N–H and O–H groups in total. The molecule has 5 rings (SSSR count). The number of carbonyl (C=O) groups excluding carboxylic acids is 3. The fourth-order valence-corrected chi connectivity index (χ4v) is 6.30. The van der Waals surface area contributed by atoms with Crippen LogP contribution in [0.2, 0.25) is 0 Å². The molecule has 0 radical (unpaired) electrons. The van der Waals surface area contributed by atoms with E-state index in [-0.39, 0.29) is 22.9 Å². The molecule has 3 amide bonds. The van der Waals surface area contributed by atoms with Crippen LogP contribution in [0.25, 0.3) is 11.1 Å². The van der Waals surface area contributed by atoms with E-state index in [1.807, 2.05) is 36.4 Å². The average Bonchev–Trinajstić information content (AvgIpc) is 3.13. The van der Waals surface area contributed by atoms with E-state index in [2.05, 4.69) is 10.0 Å². The number of aryl methyl sites for hydroxylation is 1. The second kappa shape index (κ2) is 12.4. The number of para-hydroxylation sites is 1. The Morgan fingerprint density at radius 1 is 0.886 bits per heavy atom. The van der Waals surface area contributed by atoms with Crippen LogP contribution < -0.4 is 20.7 Å². The molecular formula is C34H34N4O5S. The van der Waals surface area contributed by atoms with Crippen molar-refractivity contribution < 1.29 is 22.8 Å². The summed E-state index contributed by atoms with van der Waals surface area (Å²) in [6, 6.07) is 28.8. The quantitative estimate of drug-likeness (QED) is 0.274. The minimum Gasteiger partial charge on any atom is -0.343 e. The van der Waals surface area contributed by atoms with Crippen LogP contribution in [0.15, 0.2) is 108 Å². The second-order valence-electron chi connectivity index (χ2n) is 11.3. The fourth-order valence-electron chi connectivity index (χ4n) is 5.09. The monoisotopic (exact) mass is 610 g/mol. The highest BCUT2D eigenvalue weighted by Crippen LogP contribution is 2.31. The lowest BCUT2D eigenvalue weighted by Gasteiger charge is -2.28. The zero-order valence-corrected chi connectivity index (χ0v) is 25.3. The molecule has 1 atom stereocenters. The highest BCUT2D eigenvalue weighted by Gasteiger charge is 2.34. The van der Waals surface area contributed by atoms with Gasteiger partial charge in [0.1, 0.15) is 6.04 Å². The van der Waals surface area contributed by atoms with Crippen LogP contribution in [0.5, 0.6) is 0 Å². The standard InChI is InChI=1S/C34H34N4O5S/c1-34(2,35)33(41)36-28-21-20-25-10-6-8-14-29(25)38(32(28)40)22-23-16-18-24(19-17-23)27-13-7-9-15-30(27)44(42,43)37-31(39)26-11-4-3-5-12-26/h3-19,28H,20-22,35H2,1-2H3,(H,36,41)(H,37,39)/t28-/m1/s1. The third kappa shape index (κ3) is 6.72. The Bertz CT molecular complexity index is 1800. The van der Waals surface area contributed by atoms with E-state index in [4.69, 9.17) is 5.73 Å². The summed E-state index contributed by atoms with van der Waals surface area (Å²) >= 11 is 0. The summed E-state index contributed by atoms with van der Waals surface area (Å²) in [6.07, 6.45) is 1.05. The predicted octanol–water partition coefficient (Wildman–Crippen LogP) is 4.17. The third-order valence-electron chi connectivity index (χ3n) is 7.48. The van der Waals surface area contributed by atoms with E-state index in [1.54, 1.807) is 67.3 Å². The maximum atomic E-state index is 13.8. The minimum atomic E-state index is -4.19.